The third-order valence-corrected chi connectivity index (χ3v) is 2.65. The van der Waals surface area contributed by atoms with Crippen molar-refractivity contribution < 1.29 is 0 Å². The van der Waals surface area contributed by atoms with E-state index >= 15 is 0 Å². The Balaban J connectivity index is 0.000000252. The lowest BCUT2D eigenvalue weighted by atomic mass is 10.1. The number of thioether (sulfide) groups is 1. The van der Waals surface area contributed by atoms with Gasteiger partial charge in [-0.2, -0.15) is 11.8 Å². The molecule has 0 spiro atoms. The minimum absolute atomic E-state index is 1.31. The van der Waals surface area contributed by atoms with Crippen LogP contribution >= 0.6 is 11.8 Å². The molecular weight excluding hydrogens is 176 g/mol. The van der Waals surface area contributed by atoms with Gasteiger partial charge in [-0.05, 0) is 43.4 Å². The van der Waals surface area contributed by atoms with E-state index in [0.717, 1.165) is 0 Å². The first-order valence-corrected chi connectivity index (χ1v) is 6.13. The van der Waals surface area contributed by atoms with Crippen molar-refractivity contribution in [3.05, 3.63) is 35.4 Å². The van der Waals surface area contributed by atoms with Gasteiger partial charge in [0.25, 0.3) is 0 Å². The summed E-state index contributed by atoms with van der Waals surface area (Å²) in [6, 6.07) is 8.36. The van der Waals surface area contributed by atoms with E-state index in [1.165, 1.54) is 23.3 Å². The molecule has 0 nitrogen and oxygen atoms in total. The van der Waals surface area contributed by atoms with Crippen molar-refractivity contribution >= 4 is 11.8 Å². The van der Waals surface area contributed by atoms with Crippen LogP contribution in [0.15, 0.2) is 24.3 Å². The summed E-state index contributed by atoms with van der Waals surface area (Å²) in [4.78, 5) is 0. The molecule has 1 aromatic rings. The molecule has 0 unspecified atom stereocenters. The standard InChI is InChI=1S/C8H10.C4H10S/c1-7-5-3-4-6-8(7)2;1-3-4-5-2/h3-6H,1-2H3;3-4H2,1-2H3. The monoisotopic (exact) mass is 196 g/mol. The molecule has 0 amide bonds. The zero-order chi connectivity index (χ0) is 10.1. The van der Waals surface area contributed by atoms with Crippen molar-refractivity contribution in [3.63, 3.8) is 0 Å². The Morgan fingerprint density at radius 1 is 1.08 bits per heavy atom. The Morgan fingerprint density at radius 2 is 1.54 bits per heavy atom. The molecule has 0 atom stereocenters. The first-order chi connectivity index (χ1) is 6.22. The molecule has 0 N–H and O–H groups in total. The van der Waals surface area contributed by atoms with Crippen molar-refractivity contribution in [2.75, 3.05) is 12.0 Å². The highest BCUT2D eigenvalue weighted by molar-refractivity contribution is 7.98. The van der Waals surface area contributed by atoms with Crippen LogP contribution in [0.2, 0.25) is 0 Å². The molecule has 74 valence electrons. The fourth-order valence-corrected chi connectivity index (χ4v) is 1.28. The van der Waals surface area contributed by atoms with E-state index < -0.39 is 0 Å². The van der Waals surface area contributed by atoms with Gasteiger partial charge >= 0.3 is 0 Å². The third kappa shape index (κ3) is 6.71. The maximum absolute atomic E-state index is 2.19. The second-order valence-corrected chi connectivity index (χ2v) is 4.06. The van der Waals surface area contributed by atoms with Gasteiger partial charge in [-0.1, -0.05) is 31.2 Å². The minimum Gasteiger partial charge on any atom is -0.165 e. The van der Waals surface area contributed by atoms with Crippen LogP contribution in [0.3, 0.4) is 0 Å². The molecule has 1 rings (SSSR count). The lowest BCUT2D eigenvalue weighted by Gasteiger charge is -1.93. The predicted molar refractivity (Wildman–Crippen MR) is 64.6 cm³/mol. The maximum atomic E-state index is 2.19. The van der Waals surface area contributed by atoms with Crippen LogP contribution < -0.4 is 0 Å². The van der Waals surface area contributed by atoms with E-state index in [-0.39, 0.29) is 0 Å². The van der Waals surface area contributed by atoms with Gasteiger partial charge in [0.05, 0.1) is 0 Å². The second-order valence-electron chi connectivity index (χ2n) is 3.08. The summed E-state index contributed by atoms with van der Waals surface area (Å²) in [5.41, 5.74) is 2.74. The van der Waals surface area contributed by atoms with Crippen LogP contribution in [-0.2, 0) is 0 Å². The molecule has 0 heterocycles. The van der Waals surface area contributed by atoms with E-state index in [2.05, 4.69) is 51.3 Å². The summed E-state index contributed by atoms with van der Waals surface area (Å²) < 4.78 is 0. The Hall–Kier alpha value is -0.430. The lowest BCUT2D eigenvalue weighted by Crippen LogP contribution is -1.74. The van der Waals surface area contributed by atoms with Gasteiger partial charge in [0, 0.05) is 0 Å². The fourth-order valence-electron chi connectivity index (χ4n) is 0.867. The Kier molecular flexibility index (Phi) is 7.91. The molecule has 0 aromatic heterocycles. The van der Waals surface area contributed by atoms with Crippen LogP contribution in [0.4, 0.5) is 0 Å². The number of hydrogen-bond acceptors (Lipinski definition) is 1. The summed E-state index contributed by atoms with van der Waals surface area (Å²) in [6.45, 7) is 6.43. The molecular formula is C12H20S. The van der Waals surface area contributed by atoms with E-state index in [9.17, 15) is 0 Å². The molecule has 0 aliphatic heterocycles. The van der Waals surface area contributed by atoms with Gasteiger partial charge in [0.15, 0.2) is 0 Å². The average molecular weight is 196 g/mol. The molecule has 0 fully saturated rings. The first-order valence-electron chi connectivity index (χ1n) is 4.73. The zero-order valence-corrected chi connectivity index (χ0v) is 9.95. The lowest BCUT2D eigenvalue weighted by molar-refractivity contribution is 1.11. The van der Waals surface area contributed by atoms with E-state index in [1.807, 2.05) is 11.8 Å². The Morgan fingerprint density at radius 3 is 1.69 bits per heavy atom. The normalized spacial score (nSPS) is 8.92. The third-order valence-electron chi connectivity index (χ3n) is 1.83. The van der Waals surface area contributed by atoms with Crippen molar-refractivity contribution in [2.45, 2.75) is 27.2 Å². The molecule has 0 radical (unpaired) electrons. The van der Waals surface area contributed by atoms with Gasteiger partial charge in [-0.3, -0.25) is 0 Å². The number of rotatable bonds is 2. The van der Waals surface area contributed by atoms with Crippen molar-refractivity contribution in [1.29, 1.82) is 0 Å². The van der Waals surface area contributed by atoms with Crippen LogP contribution in [-0.4, -0.2) is 12.0 Å². The smallest absolute Gasteiger partial charge is 0.00729 e. The number of benzene rings is 1. The Bertz CT molecular complexity index is 195. The first kappa shape index (κ1) is 12.6. The highest BCUT2D eigenvalue weighted by Gasteiger charge is 1.83. The fraction of sp³-hybridized carbons (Fsp3) is 0.500. The highest BCUT2D eigenvalue weighted by atomic mass is 32.2. The molecule has 0 aliphatic carbocycles. The summed E-state index contributed by atoms with van der Waals surface area (Å²) in [7, 11) is 0. The van der Waals surface area contributed by atoms with Crippen LogP contribution in [0.1, 0.15) is 24.5 Å². The molecule has 0 saturated heterocycles. The summed E-state index contributed by atoms with van der Waals surface area (Å²) in [5, 5.41) is 0. The molecule has 1 heteroatoms. The SMILES string of the molecule is CCCSC.Cc1ccccc1C. The van der Waals surface area contributed by atoms with Gasteiger partial charge in [0.1, 0.15) is 0 Å². The van der Waals surface area contributed by atoms with E-state index in [0.29, 0.717) is 0 Å². The number of hydrogen-bond donors (Lipinski definition) is 0. The predicted octanol–water partition coefficient (Wildman–Crippen LogP) is 4.06. The van der Waals surface area contributed by atoms with Crippen LogP contribution in [0.25, 0.3) is 0 Å². The van der Waals surface area contributed by atoms with Gasteiger partial charge < -0.3 is 0 Å². The summed E-state index contributed by atoms with van der Waals surface area (Å²) in [6.07, 6.45) is 3.44. The Labute approximate surface area is 86.7 Å². The van der Waals surface area contributed by atoms with Gasteiger partial charge in [-0.15, -0.1) is 0 Å². The van der Waals surface area contributed by atoms with Gasteiger partial charge in [-0.25, -0.2) is 0 Å². The number of aryl methyl sites for hydroxylation is 2. The van der Waals surface area contributed by atoms with E-state index in [1.54, 1.807) is 0 Å². The average Bonchev–Trinajstić information content (AvgIpc) is 2.13. The largest absolute Gasteiger partial charge is 0.165 e. The second kappa shape index (κ2) is 8.18. The summed E-state index contributed by atoms with van der Waals surface area (Å²) in [5.74, 6) is 1.31. The van der Waals surface area contributed by atoms with Crippen LogP contribution in [0, 0.1) is 13.8 Å². The van der Waals surface area contributed by atoms with Crippen molar-refractivity contribution in [3.8, 4) is 0 Å². The summed E-state index contributed by atoms with van der Waals surface area (Å²) >= 11 is 1.90. The molecule has 1 aromatic carbocycles. The van der Waals surface area contributed by atoms with Crippen molar-refractivity contribution in [2.24, 2.45) is 0 Å². The molecule has 13 heavy (non-hydrogen) atoms. The maximum Gasteiger partial charge on any atom is -0.00729 e. The molecule has 0 saturated carbocycles. The van der Waals surface area contributed by atoms with Crippen molar-refractivity contribution in [1.82, 2.24) is 0 Å². The minimum atomic E-state index is 1.31. The highest BCUT2D eigenvalue weighted by Crippen LogP contribution is 2.02. The van der Waals surface area contributed by atoms with Crippen LogP contribution in [0.5, 0.6) is 0 Å². The van der Waals surface area contributed by atoms with E-state index in [4.69, 9.17) is 0 Å². The zero-order valence-electron chi connectivity index (χ0n) is 9.13. The topological polar surface area (TPSA) is 0 Å². The molecule has 0 aliphatic rings. The van der Waals surface area contributed by atoms with Gasteiger partial charge in [0.2, 0.25) is 0 Å². The molecule has 0 bridgehead atoms. The quantitative estimate of drug-likeness (QED) is 0.687.